The van der Waals surface area contributed by atoms with Crippen molar-refractivity contribution in [1.82, 2.24) is 14.7 Å². The zero-order valence-corrected chi connectivity index (χ0v) is 17.0. The van der Waals surface area contributed by atoms with E-state index >= 15 is 0 Å². The predicted molar refractivity (Wildman–Crippen MR) is 105 cm³/mol. The summed E-state index contributed by atoms with van der Waals surface area (Å²) in [6.07, 6.45) is 1.63. The van der Waals surface area contributed by atoms with E-state index in [4.69, 9.17) is 17.3 Å². The van der Waals surface area contributed by atoms with Crippen LogP contribution in [0.1, 0.15) is 55.6 Å². The maximum absolute atomic E-state index is 12.7. The van der Waals surface area contributed by atoms with Gasteiger partial charge in [0, 0.05) is 5.92 Å². The topological polar surface area (TPSA) is 115 Å². The molecule has 1 amide bonds. The van der Waals surface area contributed by atoms with Gasteiger partial charge in [0.1, 0.15) is 11.0 Å². The van der Waals surface area contributed by atoms with Gasteiger partial charge in [0.25, 0.3) is 15.9 Å². The molecule has 2 aromatic rings. The van der Waals surface area contributed by atoms with Crippen LogP contribution in [0.5, 0.6) is 0 Å². The van der Waals surface area contributed by atoms with E-state index in [-0.39, 0.29) is 33.4 Å². The molecule has 0 radical (unpaired) electrons. The van der Waals surface area contributed by atoms with Crippen molar-refractivity contribution in [3.8, 4) is 0 Å². The summed E-state index contributed by atoms with van der Waals surface area (Å²) in [4.78, 5) is 20.8. The molecule has 0 spiro atoms. The number of nitrogens with two attached hydrogens (primary N) is 1. The van der Waals surface area contributed by atoms with Crippen LogP contribution in [-0.2, 0) is 10.0 Å². The predicted octanol–water partition coefficient (Wildman–Crippen LogP) is 3.37. The number of sulfonamides is 1. The van der Waals surface area contributed by atoms with Crippen LogP contribution >= 0.6 is 11.6 Å². The Labute approximate surface area is 164 Å². The Kier molecular flexibility index (Phi) is 6.78. The van der Waals surface area contributed by atoms with E-state index in [1.807, 2.05) is 18.6 Å². The van der Waals surface area contributed by atoms with Gasteiger partial charge < -0.3 is 5.73 Å². The van der Waals surface area contributed by atoms with Gasteiger partial charge in [-0.2, -0.15) is 8.42 Å². The molecule has 7 nitrogen and oxygen atoms in total. The Morgan fingerprint density at radius 2 is 1.89 bits per heavy atom. The van der Waals surface area contributed by atoms with Crippen molar-refractivity contribution < 1.29 is 13.2 Å². The van der Waals surface area contributed by atoms with Gasteiger partial charge in [0.15, 0.2) is 5.03 Å². The quantitative estimate of drug-likeness (QED) is 0.676. The SMILES string of the molecule is CCC(C)C(CC)c1nc(Cl)ccc1C(=O)NS(=O)(=O)c1cccc(N)n1. The third-order valence-electron chi connectivity index (χ3n) is 4.50. The Bertz CT molecular complexity index is 934. The van der Waals surface area contributed by atoms with Crippen molar-refractivity contribution in [1.29, 1.82) is 0 Å². The summed E-state index contributed by atoms with van der Waals surface area (Å²) in [6, 6.07) is 7.13. The van der Waals surface area contributed by atoms with Crippen LogP contribution in [0, 0.1) is 5.92 Å². The number of hydrogen-bond acceptors (Lipinski definition) is 6. The summed E-state index contributed by atoms with van der Waals surface area (Å²) in [5.74, 6) is -0.510. The van der Waals surface area contributed by atoms with Gasteiger partial charge in [0.2, 0.25) is 0 Å². The first-order chi connectivity index (χ1) is 12.7. The van der Waals surface area contributed by atoms with Gasteiger partial charge in [-0.25, -0.2) is 14.7 Å². The number of nitrogens with zero attached hydrogens (tertiary/aromatic N) is 2. The van der Waals surface area contributed by atoms with E-state index < -0.39 is 15.9 Å². The number of carbonyl (C=O) groups is 1. The fraction of sp³-hybridized carbons (Fsp3) is 0.389. The largest absolute Gasteiger partial charge is 0.384 e. The van der Waals surface area contributed by atoms with E-state index in [0.29, 0.717) is 5.69 Å². The van der Waals surface area contributed by atoms with Crippen molar-refractivity contribution in [3.63, 3.8) is 0 Å². The lowest BCUT2D eigenvalue weighted by atomic mass is 9.84. The van der Waals surface area contributed by atoms with Crippen LogP contribution in [0.25, 0.3) is 0 Å². The minimum atomic E-state index is -4.17. The summed E-state index contributed by atoms with van der Waals surface area (Å²) in [5, 5.41) is -0.0723. The van der Waals surface area contributed by atoms with Crippen molar-refractivity contribution in [2.45, 2.75) is 44.6 Å². The molecule has 0 aliphatic heterocycles. The number of nitrogen functional groups attached to an aromatic ring is 1. The van der Waals surface area contributed by atoms with Crippen molar-refractivity contribution in [3.05, 3.63) is 46.7 Å². The summed E-state index contributed by atoms with van der Waals surface area (Å²) < 4.78 is 27.0. The van der Waals surface area contributed by atoms with Gasteiger partial charge in [-0.05, 0) is 36.6 Å². The Morgan fingerprint density at radius 1 is 1.19 bits per heavy atom. The number of rotatable bonds is 7. The Balaban J connectivity index is 2.42. The fourth-order valence-corrected chi connectivity index (χ4v) is 3.98. The molecular formula is C18H23ClN4O3S. The van der Waals surface area contributed by atoms with E-state index in [0.717, 1.165) is 12.8 Å². The van der Waals surface area contributed by atoms with Crippen LogP contribution in [0.4, 0.5) is 5.82 Å². The minimum absolute atomic E-state index is 0.0253. The minimum Gasteiger partial charge on any atom is -0.384 e. The van der Waals surface area contributed by atoms with Crippen LogP contribution in [0.15, 0.2) is 35.4 Å². The molecule has 2 rings (SSSR count). The van der Waals surface area contributed by atoms with E-state index in [1.165, 1.54) is 30.3 Å². The third kappa shape index (κ3) is 4.95. The van der Waals surface area contributed by atoms with E-state index in [9.17, 15) is 13.2 Å². The molecule has 3 N–H and O–H groups in total. The molecule has 0 aliphatic carbocycles. The standard InChI is InChI=1S/C18H23ClN4O3S/c1-4-11(3)12(5-2)17-13(9-10-14(19)21-17)18(24)23-27(25,26)16-8-6-7-15(20)22-16/h6-12H,4-5H2,1-3H3,(H2,20,22)(H,23,24). The second-order valence-electron chi connectivity index (χ2n) is 6.30. The second-order valence-corrected chi connectivity index (χ2v) is 8.32. The van der Waals surface area contributed by atoms with Crippen molar-refractivity contribution >= 4 is 33.3 Å². The molecule has 146 valence electrons. The molecule has 27 heavy (non-hydrogen) atoms. The first-order valence-electron chi connectivity index (χ1n) is 8.65. The molecule has 2 unspecified atom stereocenters. The number of amides is 1. The maximum Gasteiger partial charge on any atom is 0.281 e. The number of nitrogens with one attached hydrogen (secondary N) is 1. The average molecular weight is 411 g/mol. The number of hydrogen-bond donors (Lipinski definition) is 2. The Morgan fingerprint density at radius 3 is 2.48 bits per heavy atom. The number of halogens is 1. The number of aromatic nitrogens is 2. The number of anilines is 1. The summed E-state index contributed by atoms with van der Waals surface area (Å²) in [7, 11) is -4.17. The smallest absolute Gasteiger partial charge is 0.281 e. The normalized spacial score (nSPS) is 13.8. The molecule has 2 heterocycles. The lowest BCUT2D eigenvalue weighted by Gasteiger charge is -2.23. The molecule has 0 aromatic carbocycles. The first-order valence-corrected chi connectivity index (χ1v) is 10.5. The van der Waals surface area contributed by atoms with Gasteiger partial charge >= 0.3 is 0 Å². The molecular weight excluding hydrogens is 388 g/mol. The monoisotopic (exact) mass is 410 g/mol. The zero-order chi connectivity index (χ0) is 20.2. The summed E-state index contributed by atoms with van der Waals surface area (Å²) in [5.41, 5.74) is 6.20. The van der Waals surface area contributed by atoms with Gasteiger partial charge in [-0.3, -0.25) is 4.79 Å². The van der Waals surface area contributed by atoms with Crippen LogP contribution in [0.3, 0.4) is 0 Å². The Hall–Kier alpha value is -2.19. The zero-order valence-electron chi connectivity index (χ0n) is 15.4. The maximum atomic E-state index is 12.7. The lowest BCUT2D eigenvalue weighted by Crippen LogP contribution is -2.32. The van der Waals surface area contributed by atoms with Crippen molar-refractivity contribution in [2.24, 2.45) is 5.92 Å². The van der Waals surface area contributed by atoms with Crippen LogP contribution in [-0.4, -0.2) is 24.3 Å². The highest BCUT2D eigenvalue weighted by molar-refractivity contribution is 7.90. The molecule has 9 heteroatoms. The number of pyridine rings is 2. The van der Waals surface area contributed by atoms with Crippen LogP contribution in [0.2, 0.25) is 5.15 Å². The average Bonchev–Trinajstić information content (AvgIpc) is 2.61. The van der Waals surface area contributed by atoms with Gasteiger partial charge in [0.05, 0.1) is 11.3 Å². The first kappa shape index (κ1) is 21.1. The molecule has 0 bridgehead atoms. The highest BCUT2D eigenvalue weighted by Crippen LogP contribution is 2.32. The number of carbonyl (C=O) groups excluding carboxylic acids is 1. The second kappa shape index (κ2) is 8.67. The fourth-order valence-electron chi connectivity index (χ4n) is 2.88. The van der Waals surface area contributed by atoms with Crippen molar-refractivity contribution in [2.75, 3.05) is 5.73 Å². The summed E-state index contributed by atoms with van der Waals surface area (Å²) >= 11 is 6.03. The molecule has 0 saturated heterocycles. The molecule has 2 aromatic heterocycles. The molecule has 0 fully saturated rings. The molecule has 0 saturated carbocycles. The summed E-state index contributed by atoms with van der Waals surface area (Å²) in [6.45, 7) is 6.11. The molecule has 2 atom stereocenters. The lowest BCUT2D eigenvalue weighted by molar-refractivity contribution is 0.0979. The van der Waals surface area contributed by atoms with Crippen LogP contribution < -0.4 is 10.5 Å². The third-order valence-corrected chi connectivity index (χ3v) is 5.95. The van der Waals surface area contributed by atoms with E-state index in [2.05, 4.69) is 16.9 Å². The van der Waals surface area contributed by atoms with Gasteiger partial charge in [-0.15, -0.1) is 0 Å². The highest BCUT2D eigenvalue weighted by Gasteiger charge is 2.27. The van der Waals surface area contributed by atoms with E-state index in [1.54, 1.807) is 0 Å². The highest BCUT2D eigenvalue weighted by atomic mass is 35.5. The van der Waals surface area contributed by atoms with Gasteiger partial charge in [-0.1, -0.05) is 44.9 Å². The molecule has 0 aliphatic rings.